The van der Waals surface area contributed by atoms with E-state index in [1.807, 2.05) is 0 Å². The molecule has 0 aromatic carbocycles. The van der Waals surface area contributed by atoms with E-state index in [4.69, 9.17) is 0 Å². The van der Waals surface area contributed by atoms with Gasteiger partial charge < -0.3 is 9.47 Å². The summed E-state index contributed by atoms with van der Waals surface area (Å²) in [6.45, 7) is 0.150. The molecule has 1 saturated heterocycles. The van der Waals surface area contributed by atoms with Crippen LogP contribution in [0.15, 0.2) is 0 Å². The Kier molecular flexibility index (Phi) is 1.15. The summed E-state index contributed by atoms with van der Waals surface area (Å²) in [5.41, 5.74) is 0. The molecular weight excluding hydrogens is 112 g/mol. The van der Waals surface area contributed by atoms with Crippen LogP contribution >= 0.6 is 0 Å². The molecule has 1 aliphatic rings. The molecule has 1 heterocycles. The number of carbonyl (C=O) groups is 2. The maximum atomic E-state index is 10.2. The van der Waals surface area contributed by atoms with Gasteiger partial charge in [-0.2, -0.15) is 0 Å². The highest BCUT2D eigenvalue weighted by Crippen LogP contribution is 1.98. The molecule has 0 saturated carbocycles. The third-order valence-corrected chi connectivity index (χ3v) is 0.723. The lowest BCUT2D eigenvalue weighted by molar-refractivity contribution is -0.145. The number of ether oxygens (including phenoxy) is 2. The van der Waals surface area contributed by atoms with E-state index in [1.165, 1.54) is 0 Å². The van der Waals surface area contributed by atoms with Gasteiger partial charge in [-0.1, -0.05) is 0 Å². The van der Waals surface area contributed by atoms with Gasteiger partial charge in [0, 0.05) is 0 Å². The van der Waals surface area contributed by atoms with Crippen molar-refractivity contribution in [1.82, 2.24) is 0 Å². The van der Waals surface area contributed by atoms with Gasteiger partial charge in [-0.3, -0.25) is 4.79 Å². The van der Waals surface area contributed by atoms with Crippen LogP contribution in [0.2, 0.25) is 0 Å². The maximum absolute atomic E-state index is 10.2. The molecule has 0 radical (unpaired) electrons. The van der Waals surface area contributed by atoms with E-state index in [1.54, 1.807) is 0 Å². The number of esters is 1. The zero-order chi connectivity index (χ0) is 5.98. The first-order valence-electron chi connectivity index (χ1n) is 2.16. The van der Waals surface area contributed by atoms with Crippen molar-refractivity contribution in [2.45, 2.75) is 6.42 Å². The first-order valence-corrected chi connectivity index (χ1v) is 2.16. The van der Waals surface area contributed by atoms with Crippen LogP contribution < -0.4 is 0 Å². The molecule has 44 valence electrons. The summed E-state index contributed by atoms with van der Waals surface area (Å²) in [6, 6.07) is 0. The van der Waals surface area contributed by atoms with Crippen molar-refractivity contribution in [3.8, 4) is 0 Å². The van der Waals surface area contributed by atoms with Crippen molar-refractivity contribution in [2.75, 3.05) is 6.61 Å². The molecule has 0 N–H and O–H groups in total. The van der Waals surface area contributed by atoms with E-state index in [2.05, 4.69) is 9.47 Å². The molecule has 1 aliphatic heterocycles. The summed E-state index contributed by atoms with van der Waals surface area (Å²) < 4.78 is 8.25. The van der Waals surface area contributed by atoms with Crippen LogP contribution in [0.4, 0.5) is 4.79 Å². The van der Waals surface area contributed by atoms with E-state index in [9.17, 15) is 9.59 Å². The maximum Gasteiger partial charge on any atom is 0.516 e. The quantitative estimate of drug-likeness (QED) is 0.332. The van der Waals surface area contributed by atoms with E-state index in [-0.39, 0.29) is 13.0 Å². The molecule has 0 atom stereocenters. The molecule has 0 aromatic heterocycles. The minimum absolute atomic E-state index is 0.150. The van der Waals surface area contributed by atoms with Gasteiger partial charge in [0.15, 0.2) is 0 Å². The predicted octanol–water partition coefficient (Wildman–Crippen LogP) is 0.0699. The monoisotopic (exact) mass is 116 g/mol. The van der Waals surface area contributed by atoms with Crippen LogP contribution in [-0.2, 0) is 14.3 Å². The molecule has 1 fully saturated rings. The highest BCUT2D eigenvalue weighted by molar-refractivity contribution is 5.83. The minimum atomic E-state index is -0.888. The first kappa shape index (κ1) is 5.08. The Bertz CT molecular complexity index is 114. The Morgan fingerprint density at radius 1 is 1.38 bits per heavy atom. The SMILES string of the molecule is O=C1CCOC(=O)O1. The minimum Gasteiger partial charge on any atom is -0.433 e. The third kappa shape index (κ3) is 0.959. The van der Waals surface area contributed by atoms with Crippen LogP contribution in [0.3, 0.4) is 0 Å². The molecule has 0 spiro atoms. The third-order valence-electron chi connectivity index (χ3n) is 0.723. The number of rotatable bonds is 0. The Hall–Kier alpha value is -1.06. The molecular formula is C4H4O4. The van der Waals surface area contributed by atoms with Gasteiger partial charge in [-0.15, -0.1) is 0 Å². The average molecular weight is 116 g/mol. The molecule has 0 bridgehead atoms. The van der Waals surface area contributed by atoms with Crippen molar-refractivity contribution in [1.29, 1.82) is 0 Å². The van der Waals surface area contributed by atoms with Gasteiger partial charge >= 0.3 is 12.1 Å². The molecule has 4 nitrogen and oxygen atoms in total. The van der Waals surface area contributed by atoms with Gasteiger partial charge in [-0.25, -0.2) is 4.79 Å². The summed E-state index contributed by atoms with van der Waals surface area (Å²) in [4.78, 5) is 20.2. The van der Waals surface area contributed by atoms with Crippen LogP contribution in [0.1, 0.15) is 6.42 Å². The Balaban J connectivity index is 2.45. The van der Waals surface area contributed by atoms with Crippen molar-refractivity contribution >= 4 is 12.1 Å². The second-order valence-corrected chi connectivity index (χ2v) is 1.32. The van der Waals surface area contributed by atoms with Gasteiger partial charge in [-0.05, 0) is 0 Å². The van der Waals surface area contributed by atoms with Crippen molar-refractivity contribution in [3.05, 3.63) is 0 Å². The predicted molar refractivity (Wildman–Crippen MR) is 22.1 cm³/mol. The topological polar surface area (TPSA) is 52.6 Å². The number of hydrogen-bond acceptors (Lipinski definition) is 4. The number of cyclic esters (lactones) is 3. The van der Waals surface area contributed by atoms with Crippen LogP contribution in [0.25, 0.3) is 0 Å². The zero-order valence-corrected chi connectivity index (χ0v) is 4.05. The highest BCUT2D eigenvalue weighted by atomic mass is 16.7. The summed E-state index contributed by atoms with van der Waals surface area (Å²) in [6.07, 6.45) is -0.715. The Labute approximate surface area is 45.4 Å². The van der Waals surface area contributed by atoms with Gasteiger partial charge in [0.25, 0.3) is 0 Å². The smallest absolute Gasteiger partial charge is 0.433 e. The fraction of sp³-hybridized carbons (Fsp3) is 0.500. The fourth-order valence-electron chi connectivity index (χ4n) is 0.391. The van der Waals surface area contributed by atoms with Crippen molar-refractivity contribution < 1.29 is 19.1 Å². The second-order valence-electron chi connectivity index (χ2n) is 1.32. The Morgan fingerprint density at radius 3 is 2.50 bits per heavy atom. The lowest BCUT2D eigenvalue weighted by Gasteiger charge is -2.07. The van der Waals surface area contributed by atoms with E-state index in [0.29, 0.717) is 0 Å². The molecule has 8 heavy (non-hydrogen) atoms. The lowest BCUT2D eigenvalue weighted by atomic mass is 10.4. The molecule has 4 heteroatoms. The number of carbonyl (C=O) groups excluding carboxylic acids is 2. The highest BCUT2D eigenvalue weighted by Gasteiger charge is 2.17. The van der Waals surface area contributed by atoms with Crippen LogP contribution in [0, 0.1) is 0 Å². The van der Waals surface area contributed by atoms with Crippen LogP contribution in [0.5, 0.6) is 0 Å². The summed E-state index contributed by atoms with van der Waals surface area (Å²) >= 11 is 0. The summed E-state index contributed by atoms with van der Waals surface area (Å²) in [5, 5.41) is 0. The standard InChI is InChI=1S/C4H4O4/c5-3-1-2-7-4(6)8-3/h1-2H2. The zero-order valence-electron chi connectivity index (χ0n) is 4.05. The van der Waals surface area contributed by atoms with Crippen LogP contribution in [-0.4, -0.2) is 18.7 Å². The average Bonchev–Trinajstić information content (AvgIpc) is 1.64. The molecule has 1 rings (SSSR count). The Morgan fingerprint density at radius 2 is 2.12 bits per heavy atom. The lowest BCUT2D eigenvalue weighted by Crippen LogP contribution is -2.22. The normalized spacial score (nSPS) is 19.5. The summed E-state index contributed by atoms with van der Waals surface area (Å²) in [7, 11) is 0. The van der Waals surface area contributed by atoms with Crippen molar-refractivity contribution in [3.63, 3.8) is 0 Å². The number of hydrogen-bond donors (Lipinski definition) is 0. The van der Waals surface area contributed by atoms with E-state index < -0.39 is 12.1 Å². The second kappa shape index (κ2) is 1.81. The molecule has 0 aliphatic carbocycles. The first-order chi connectivity index (χ1) is 3.79. The molecule has 0 unspecified atom stereocenters. The van der Waals surface area contributed by atoms with E-state index >= 15 is 0 Å². The molecule has 0 aromatic rings. The summed E-state index contributed by atoms with van der Waals surface area (Å²) in [5.74, 6) is -0.513. The van der Waals surface area contributed by atoms with Gasteiger partial charge in [0.05, 0.1) is 6.42 Å². The molecule has 0 amide bonds. The van der Waals surface area contributed by atoms with E-state index in [0.717, 1.165) is 0 Å². The largest absolute Gasteiger partial charge is 0.516 e. The fourth-order valence-corrected chi connectivity index (χ4v) is 0.391. The van der Waals surface area contributed by atoms with Crippen molar-refractivity contribution in [2.24, 2.45) is 0 Å². The van der Waals surface area contributed by atoms with Gasteiger partial charge in [0.2, 0.25) is 0 Å². The van der Waals surface area contributed by atoms with Gasteiger partial charge in [0.1, 0.15) is 6.61 Å².